The summed E-state index contributed by atoms with van der Waals surface area (Å²) in [4.78, 5) is 9.26. The number of hydrogen-bond acceptors (Lipinski definition) is 3. The second-order valence-corrected chi connectivity index (χ2v) is 2.12. The predicted octanol–water partition coefficient (Wildman–Crippen LogP) is 1.49. The Bertz CT molecular complexity index is 249. The Morgan fingerprint density at radius 2 is 2.17 bits per heavy atom. The molecular weight excluding hydrogens is 163 g/mol. The Morgan fingerprint density at radius 1 is 1.67 bits per heavy atom. The fourth-order valence-corrected chi connectivity index (χ4v) is 0.461. The number of allylic oxidation sites excluding steroid dienone is 4. The number of halogens is 1. The van der Waals surface area contributed by atoms with Crippen molar-refractivity contribution in [1.29, 1.82) is 0 Å². The van der Waals surface area contributed by atoms with Gasteiger partial charge in [0.2, 0.25) is 0 Å². The van der Waals surface area contributed by atoms with E-state index in [2.05, 4.69) is 6.58 Å². The van der Waals surface area contributed by atoms with E-state index in [1.54, 1.807) is 0 Å². The van der Waals surface area contributed by atoms with Crippen LogP contribution in [0.15, 0.2) is 36.0 Å². The molecule has 2 N–H and O–H groups in total. The van der Waals surface area contributed by atoms with E-state index in [0.29, 0.717) is 5.70 Å². The average Bonchev–Trinajstić information content (AvgIpc) is 1.84. The first-order valence-electron chi connectivity index (χ1n) is 3.08. The molecule has 5 heteroatoms. The summed E-state index contributed by atoms with van der Waals surface area (Å²) in [6, 6.07) is 0. The quantitative estimate of drug-likeness (QED) is 0.398. The van der Waals surface area contributed by atoms with Crippen molar-refractivity contribution in [2.45, 2.75) is 6.92 Å². The smallest absolute Gasteiger partial charge is 0.304 e. The summed E-state index contributed by atoms with van der Waals surface area (Å²) in [7, 11) is 0. The van der Waals surface area contributed by atoms with Crippen molar-refractivity contribution in [3.8, 4) is 0 Å². The van der Waals surface area contributed by atoms with E-state index in [0.717, 1.165) is 6.08 Å². The molecule has 0 aliphatic rings. The molecule has 0 atom stereocenters. The monoisotopic (exact) mass is 172 g/mol. The Morgan fingerprint density at radius 3 is 2.42 bits per heavy atom. The Kier molecular flexibility index (Phi) is 3.69. The molecule has 0 saturated carbocycles. The van der Waals surface area contributed by atoms with Crippen LogP contribution in [0.2, 0.25) is 0 Å². The minimum absolute atomic E-state index is 0.357. The molecule has 0 aliphatic carbocycles. The van der Waals surface area contributed by atoms with E-state index < -0.39 is 16.4 Å². The lowest BCUT2D eigenvalue weighted by Gasteiger charge is -1.91. The molecule has 0 unspecified atom stereocenters. The molecule has 0 bridgehead atoms. The van der Waals surface area contributed by atoms with Crippen LogP contribution in [-0.4, -0.2) is 4.92 Å². The van der Waals surface area contributed by atoms with Crippen LogP contribution in [0.4, 0.5) is 4.39 Å². The molecule has 0 saturated heterocycles. The topological polar surface area (TPSA) is 69.2 Å². The summed E-state index contributed by atoms with van der Waals surface area (Å²) in [5.41, 5.74) is 4.86. The Labute approximate surface area is 69.0 Å². The first-order chi connectivity index (χ1) is 5.45. The predicted molar refractivity (Wildman–Crippen MR) is 43.3 cm³/mol. The number of nitro groups is 1. The van der Waals surface area contributed by atoms with E-state index in [-0.39, 0.29) is 0 Å². The van der Waals surface area contributed by atoms with Crippen molar-refractivity contribution in [1.82, 2.24) is 0 Å². The Hall–Kier alpha value is -1.65. The first-order valence-corrected chi connectivity index (χ1v) is 3.08. The molecular formula is C7H9FN2O2. The lowest BCUT2D eigenvalue weighted by molar-refractivity contribution is -0.422. The molecule has 0 aromatic carbocycles. The molecule has 66 valence electrons. The van der Waals surface area contributed by atoms with Gasteiger partial charge in [0, 0.05) is 11.8 Å². The lowest BCUT2D eigenvalue weighted by atomic mass is 10.3. The zero-order valence-electron chi connectivity index (χ0n) is 6.58. The highest BCUT2D eigenvalue weighted by molar-refractivity contribution is 5.21. The maximum atomic E-state index is 12.3. The maximum absolute atomic E-state index is 12.3. The third-order valence-corrected chi connectivity index (χ3v) is 0.979. The van der Waals surface area contributed by atoms with Gasteiger partial charge in [-0.1, -0.05) is 6.58 Å². The van der Waals surface area contributed by atoms with Gasteiger partial charge in [0.1, 0.15) is 0 Å². The molecule has 0 aromatic rings. The largest absolute Gasteiger partial charge is 0.402 e. The lowest BCUT2D eigenvalue weighted by Crippen LogP contribution is -1.98. The molecule has 0 aromatic heterocycles. The van der Waals surface area contributed by atoms with E-state index >= 15 is 0 Å². The highest BCUT2D eigenvalue weighted by Crippen LogP contribution is 2.09. The van der Waals surface area contributed by atoms with E-state index in [9.17, 15) is 14.5 Å². The van der Waals surface area contributed by atoms with Gasteiger partial charge in [0.05, 0.1) is 4.92 Å². The van der Waals surface area contributed by atoms with Gasteiger partial charge in [-0.2, -0.15) is 0 Å². The van der Waals surface area contributed by atoms with Crippen LogP contribution < -0.4 is 5.73 Å². The first kappa shape index (κ1) is 10.3. The normalized spacial score (nSPS) is 12.8. The van der Waals surface area contributed by atoms with Gasteiger partial charge in [-0.3, -0.25) is 10.1 Å². The zero-order chi connectivity index (χ0) is 9.72. The number of hydrogen-bond donors (Lipinski definition) is 1. The SMILES string of the molecule is C=C(F)/C(=C\C=C(/C)N)[N+](=O)[O-]. The van der Waals surface area contributed by atoms with Gasteiger partial charge in [0.25, 0.3) is 0 Å². The summed E-state index contributed by atoms with van der Waals surface area (Å²) >= 11 is 0. The van der Waals surface area contributed by atoms with Crippen LogP contribution >= 0.6 is 0 Å². The van der Waals surface area contributed by atoms with Gasteiger partial charge in [-0.25, -0.2) is 4.39 Å². The fourth-order valence-electron chi connectivity index (χ4n) is 0.461. The third-order valence-electron chi connectivity index (χ3n) is 0.979. The number of rotatable bonds is 3. The molecule has 0 rings (SSSR count). The van der Waals surface area contributed by atoms with Gasteiger partial charge in [0.15, 0.2) is 5.83 Å². The van der Waals surface area contributed by atoms with E-state index in [1.165, 1.54) is 13.0 Å². The molecule has 0 amide bonds. The Balaban J connectivity index is 4.75. The summed E-state index contributed by atoms with van der Waals surface area (Å²) in [6.45, 7) is 4.34. The minimum atomic E-state index is -1.09. The third kappa shape index (κ3) is 3.50. The van der Waals surface area contributed by atoms with Crippen molar-refractivity contribution in [2.75, 3.05) is 0 Å². The summed E-state index contributed by atoms with van der Waals surface area (Å²) in [5, 5.41) is 10.1. The summed E-state index contributed by atoms with van der Waals surface area (Å²) in [5.74, 6) is -1.09. The molecule has 0 fully saturated rings. The van der Waals surface area contributed by atoms with Crippen LogP contribution in [0.5, 0.6) is 0 Å². The van der Waals surface area contributed by atoms with Crippen LogP contribution in [-0.2, 0) is 0 Å². The summed E-state index contributed by atoms with van der Waals surface area (Å²) in [6.07, 6.45) is 2.21. The van der Waals surface area contributed by atoms with Crippen molar-refractivity contribution in [3.05, 3.63) is 46.1 Å². The number of nitrogens with two attached hydrogens (primary N) is 1. The molecule has 4 nitrogen and oxygen atoms in total. The second-order valence-electron chi connectivity index (χ2n) is 2.12. The van der Waals surface area contributed by atoms with Crippen LogP contribution in [0, 0.1) is 10.1 Å². The molecule has 0 aliphatic heterocycles. The maximum Gasteiger partial charge on any atom is 0.304 e. The van der Waals surface area contributed by atoms with Gasteiger partial charge in [-0.15, -0.1) is 0 Å². The van der Waals surface area contributed by atoms with Gasteiger partial charge < -0.3 is 5.73 Å². The van der Waals surface area contributed by atoms with E-state index in [1.807, 2.05) is 0 Å². The highest BCUT2D eigenvalue weighted by Gasteiger charge is 2.13. The van der Waals surface area contributed by atoms with Crippen molar-refractivity contribution in [3.63, 3.8) is 0 Å². The molecule has 0 spiro atoms. The van der Waals surface area contributed by atoms with Crippen LogP contribution in [0.1, 0.15) is 6.92 Å². The molecule has 0 heterocycles. The van der Waals surface area contributed by atoms with Gasteiger partial charge in [-0.05, 0) is 13.0 Å². The molecule has 12 heavy (non-hydrogen) atoms. The van der Waals surface area contributed by atoms with E-state index in [4.69, 9.17) is 5.73 Å². The highest BCUT2D eigenvalue weighted by atomic mass is 19.1. The minimum Gasteiger partial charge on any atom is -0.402 e. The zero-order valence-corrected chi connectivity index (χ0v) is 6.58. The second kappa shape index (κ2) is 4.27. The van der Waals surface area contributed by atoms with Crippen LogP contribution in [0.25, 0.3) is 0 Å². The molecule has 0 radical (unpaired) electrons. The van der Waals surface area contributed by atoms with Crippen molar-refractivity contribution >= 4 is 0 Å². The fraction of sp³-hybridized carbons (Fsp3) is 0.143. The average molecular weight is 172 g/mol. The van der Waals surface area contributed by atoms with Crippen LogP contribution in [0.3, 0.4) is 0 Å². The van der Waals surface area contributed by atoms with Crippen molar-refractivity contribution in [2.24, 2.45) is 5.73 Å². The standard InChI is InChI=1S/C7H9FN2O2/c1-5(9)3-4-7(6(2)8)10(11)12/h3-4H,2,9H2,1H3/b5-3+,7-4+. The van der Waals surface area contributed by atoms with Gasteiger partial charge >= 0.3 is 5.70 Å². The summed E-state index contributed by atoms with van der Waals surface area (Å²) < 4.78 is 12.3. The van der Waals surface area contributed by atoms with Crippen molar-refractivity contribution < 1.29 is 9.31 Å². The number of nitrogens with zero attached hydrogens (tertiary/aromatic N) is 1.